The lowest BCUT2D eigenvalue weighted by molar-refractivity contribution is 1.13. The van der Waals surface area contributed by atoms with Crippen LogP contribution in [0.4, 0.5) is 0 Å². The van der Waals surface area contributed by atoms with Crippen molar-refractivity contribution in [2.45, 2.75) is 11.1 Å². The third-order valence-corrected chi connectivity index (χ3v) is 12.6. The van der Waals surface area contributed by atoms with Crippen LogP contribution < -0.4 is 0 Å². The summed E-state index contributed by atoms with van der Waals surface area (Å²) < 4.78 is 0. The summed E-state index contributed by atoms with van der Waals surface area (Å²) in [6.45, 7) is 0. The fourth-order valence-electron chi connectivity index (χ4n) is 7.53. The molecule has 250 valence electrons. The molecule has 9 aromatic carbocycles. The van der Waals surface area contributed by atoms with Crippen molar-refractivity contribution in [2.24, 2.45) is 0 Å². The second kappa shape index (κ2) is 15.3. The normalized spacial score (nSPS) is 11.1. The largest absolute Gasteiger partial charge is 0.161 e. The van der Waals surface area contributed by atoms with Gasteiger partial charge < -0.3 is 0 Å². The van der Waals surface area contributed by atoms with Crippen LogP contribution in [0.2, 0.25) is 0 Å². The third-order valence-electron chi connectivity index (χ3n) is 10.2. The van der Waals surface area contributed by atoms with Crippen molar-refractivity contribution in [3.8, 4) is 22.9 Å². The zero-order valence-corrected chi connectivity index (χ0v) is 31.6. The molecule has 0 nitrogen and oxygen atoms in total. The maximum atomic E-state index is 3.76. The minimum atomic E-state index is 0.206. The summed E-state index contributed by atoms with van der Waals surface area (Å²) in [5.41, 5.74) is 15.2. The summed E-state index contributed by atoms with van der Waals surface area (Å²) in [7, 11) is 0.786. The van der Waals surface area contributed by atoms with Gasteiger partial charge in [-0.25, -0.2) is 0 Å². The van der Waals surface area contributed by atoms with Gasteiger partial charge in [0.05, 0.1) is 0 Å². The molecule has 0 aromatic heterocycles. The monoisotopic (exact) mass is 714 g/mol. The minimum absolute atomic E-state index is 0.206. The van der Waals surface area contributed by atoms with Gasteiger partial charge in [-0.1, -0.05) is 182 Å². The molecular weight excluding hydrogens is 681 g/mol. The molecule has 0 saturated carbocycles. The summed E-state index contributed by atoms with van der Waals surface area (Å²) in [5.74, 6) is 7.53. The van der Waals surface area contributed by atoms with Crippen LogP contribution >= 0.6 is 0 Å². The van der Waals surface area contributed by atoms with Crippen LogP contribution in [0.5, 0.6) is 0 Å². The van der Waals surface area contributed by atoms with Crippen molar-refractivity contribution in [1.29, 1.82) is 0 Å². The highest BCUT2D eigenvalue weighted by Gasteiger charge is 2.17. The van der Waals surface area contributed by atoms with Crippen molar-refractivity contribution >= 4 is 62.1 Å². The lowest BCUT2D eigenvalue weighted by atomic mass is 9.90. The van der Waals surface area contributed by atoms with E-state index in [0.717, 1.165) is 32.7 Å². The lowest BCUT2D eigenvalue weighted by Gasteiger charge is -2.15. The number of fused-ring (bicyclic) bond motifs is 4. The van der Waals surface area contributed by atoms with Gasteiger partial charge in [0.25, 0.3) is 0 Å². The molecule has 0 aliphatic rings. The molecule has 0 heterocycles. The van der Waals surface area contributed by atoms with Crippen LogP contribution in [0.15, 0.2) is 194 Å². The summed E-state index contributed by atoms with van der Waals surface area (Å²) in [5, 5.41) is 9.50. The Morgan fingerprint density at radius 1 is 0.296 bits per heavy atom. The first-order valence-corrected chi connectivity index (χ1v) is 20.5. The molecule has 0 spiro atoms. The average Bonchev–Trinajstić information content (AvgIpc) is 3.24. The van der Waals surface area contributed by atoms with Crippen LogP contribution in [0.25, 0.3) is 43.1 Å². The van der Waals surface area contributed by atoms with Gasteiger partial charge in [-0.2, -0.15) is 0 Å². The Balaban J connectivity index is 1.22. The van der Waals surface area contributed by atoms with Crippen LogP contribution in [-0.4, -0.2) is 19.0 Å². The van der Waals surface area contributed by atoms with Gasteiger partial charge in [0.1, 0.15) is 0 Å². The lowest BCUT2D eigenvalue weighted by Crippen LogP contribution is -2.08. The highest BCUT2D eigenvalue weighted by molar-refractivity contribution is 6.49. The summed E-state index contributed by atoms with van der Waals surface area (Å²) in [6.07, 6.45) is 0. The molecule has 9 rings (SSSR count). The Morgan fingerprint density at radius 3 is 0.963 bits per heavy atom. The molecule has 4 radical (unpaired) electrons. The SMILES string of the molecule is C(#Cc1c2ccccc2c(C#C[Si]C(c2ccccc2)c2ccccc2)c2cc3cc4ccccc4cc3cc12)[Si]C(c1ccccc1)c1ccccc1. The maximum Gasteiger partial charge on any atom is 0.161 e. The molecule has 0 bridgehead atoms. The van der Waals surface area contributed by atoms with Crippen LogP contribution in [0.3, 0.4) is 0 Å². The van der Waals surface area contributed by atoms with Crippen LogP contribution in [0.1, 0.15) is 44.5 Å². The number of hydrogen-bond donors (Lipinski definition) is 0. The first-order chi connectivity index (χ1) is 26.8. The quantitative estimate of drug-likeness (QED) is 0.0914. The second-order valence-electron chi connectivity index (χ2n) is 13.5. The third kappa shape index (κ3) is 6.78. The van der Waals surface area contributed by atoms with Gasteiger partial charge in [-0.3, -0.25) is 0 Å². The standard InChI is InChI=1S/C52H34Si2/c1-5-17-37(18-6-1)51(38-19-7-2-8-20-38)53-31-29-47-45-27-15-16-28-46(45)48(30-32-54-52(39-21-9-3-10-22-39)40-23-11-4-12-24-40)50-36-44-34-42-26-14-13-25-41(42)33-43(44)35-49(47)50/h1-28,33-36,51-52H. The molecule has 0 atom stereocenters. The van der Waals surface area contributed by atoms with E-state index in [2.05, 4.69) is 217 Å². The van der Waals surface area contributed by atoms with Crippen LogP contribution in [0, 0.1) is 22.9 Å². The van der Waals surface area contributed by atoms with Crippen molar-refractivity contribution < 1.29 is 0 Å². The van der Waals surface area contributed by atoms with E-state index in [9.17, 15) is 0 Å². The van der Waals surface area contributed by atoms with Crippen LogP contribution in [-0.2, 0) is 0 Å². The van der Waals surface area contributed by atoms with Gasteiger partial charge in [0.15, 0.2) is 19.0 Å². The van der Waals surface area contributed by atoms with E-state index in [1.165, 1.54) is 43.8 Å². The molecule has 54 heavy (non-hydrogen) atoms. The fourth-order valence-corrected chi connectivity index (χ4v) is 9.65. The molecule has 9 aromatic rings. The van der Waals surface area contributed by atoms with E-state index in [0.29, 0.717) is 19.0 Å². The van der Waals surface area contributed by atoms with Crippen molar-refractivity contribution in [1.82, 2.24) is 0 Å². The predicted molar refractivity (Wildman–Crippen MR) is 231 cm³/mol. The molecule has 2 heteroatoms. The van der Waals surface area contributed by atoms with Gasteiger partial charge in [-0.15, -0.1) is 11.1 Å². The molecule has 0 aliphatic carbocycles. The first-order valence-electron chi connectivity index (χ1n) is 18.3. The molecule has 0 aliphatic heterocycles. The second-order valence-corrected chi connectivity index (χ2v) is 15.8. The highest BCUT2D eigenvalue weighted by Crippen LogP contribution is 2.36. The molecule has 0 amide bonds. The zero-order valence-electron chi connectivity index (χ0n) is 29.6. The van der Waals surface area contributed by atoms with Crippen molar-refractivity contribution in [2.75, 3.05) is 0 Å². The Bertz CT molecular complexity index is 2600. The first kappa shape index (κ1) is 33.4. The summed E-state index contributed by atoms with van der Waals surface area (Å²) in [4.78, 5) is 0. The fraction of sp³-hybridized carbons (Fsp3) is 0.0385. The van der Waals surface area contributed by atoms with E-state index in [1.54, 1.807) is 0 Å². The summed E-state index contributed by atoms with van der Waals surface area (Å²) >= 11 is 0. The van der Waals surface area contributed by atoms with Gasteiger partial charge >= 0.3 is 0 Å². The van der Waals surface area contributed by atoms with Gasteiger partial charge in [-0.05, 0) is 89.6 Å². The van der Waals surface area contributed by atoms with Crippen molar-refractivity contribution in [3.63, 3.8) is 0 Å². The molecule has 0 fully saturated rings. The zero-order chi connectivity index (χ0) is 36.1. The Labute approximate surface area is 322 Å². The molecule has 0 unspecified atom stereocenters. The Morgan fingerprint density at radius 2 is 0.611 bits per heavy atom. The predicted octanol–water partition coefficient (Wildman–Crippen LogP) is 11.9. The number of benzene rings is 9. The topological polar surface area (TPSA) is 0 Å². The van der Waals surface area contributed by atoms with E-state index in [1.807, 2.05) is 0 Å². The van der Waals surface area contributed by atoms with Crippen molar-refractivity contribution in [3.05, 3.63) is 228 Å². The number of rotatable bonds is 6. The minimum Gasteiger partial charge on any atom is -0.129 e. The van der Waals surface area contributed by atoms with Gasteiger partial charge in [0.2, 0.25) is 0 Å². The summed E-state index contributed by atoms with van der Waals surface area (Å²) in [6, 6.07) is 69.8. The average molecular weight is 715 g/mol. The molecule has 0 N–H and O–H groups in total. The Kier molecular flexibility index (Phi) is 9.45. The van der Waals surface area contributed by atoms with E-state index < -0.39 is 0 Å². The number of hydrogen-bond acceptors (Lipinski definition) is 0. The molecular formula is C52H34Si2. The van der Waals surface area contributed by atoms with E-state index >= 15 is 0 Å². The van der Waals surface area contributed by atoms with E-state index in [-0.39, 0.29) is 11.1 Å². The Hall–Kier alpha value is -6.43. The smallest absolute Gasteiger partial charge is 0.129 e. The van der Waals surface area contributed by atoms with Gasteiger partial charge in [0, 0.05) is 22.2 Å². The molecule has 0 saturated heterocycles. The maximum absolute atomic E-state index is 3.76. The van der Waals surface area contributed by atoms with E-state index in [4.69, 9.17) is 0 Å². The highest BCUT2D eigenvalue weighted by atomic mass is 28.2.